The monoisotopic (exact) mass is 442 g/mol. The van der Waals surface area contributed by atoms with Gasteiger partial charge in [0.1, 0.15) is 11.6 Å². The third kappa shape index (κ3) is 5.40. The maximum absolute atomic E-state index is 12.6. The summed E-state index contributed by atoms with van der Waals surface area (Å²) in [7, 11) is 0. The van der Waals surface area contributed by atoms with Crippen LogP contribution >= 0.6 is 0 Å². The van der Waals surface area contributed by atoms with Crippen LogP contribution in [0.2, 0.25) is 0 Å². The number of amides is 1. The fraction of sp³-hybridized carbons (Fsp3) is 0.296. The van der Waals surface area contributed by atoms with E-state index in [1.54, 1.807) is 24.5 Å². The molecule has 1 atom stereocenters. The molecule has 0 aliphatic heterocycles. The maximum Gasteiger partial charge on any atom is 0.251 e. The van der Waals surface area contributed by atoms with Gasteiger partial charge in [-0.2, -0.15) is 0 Å². The molecule has 170 valence electrons. The summed E-state index contributed by atoms with van der Waals surface area (Å²) >= 11 is 0. The first-order valence-corrected chi connectivity index (χ1v) is 11.4. The van der Waals surface area contributed by atoms with Gasteiger partial charge in [0.15, 0.2) is 0 Å². The minimum Gasteiger partial charge on any atom is -0.494 e. The molecule has 1 unspecified atom stereocenters. The lowest BCUT2D eigenvalue weighted by molar-refractivity contribution is 0.0937. The first-order valence-electron chi connectivity index (χ1n) is 11.4. The van der Waals surface area contributed by atoms with E-state index in [1.165, 1.54) is 5.56 Å². The summed E-state index contributed by atoms with van der Waals surface area (Å²) in [5.74, 6) is 2.08. The summed E-state index contributed by atoms with van der Waals surface area (Å²) in [6.07, 6.45) is 4.06. The Morgan fingerprint density at radius 3 is 2.45 bits per heavy atom. The molecule has 6 nitrogen and oxygen atoms in total. The standard InChI is InChI=1S/C27H30N4O2/c1-19(2)21-9-11-23(12-10-21)33-18-6-17-31-25-8-5-4-7-24(25)30-26(31)20(3)29-27(32)22-13-15-28-16-14-22/h4-5,7-16,19-20H,6,17-18H2,1-3H3,(H,29,32). The first kappa shape index (κ1) is 22.5. The highest BCUT2D eigenvalue weighted by Gasteiger charge is 2.19. The number of imidazole rings is 1. The molecule has 0 aliphatic rings. The number of fused-ring (bicyclic) bond motifs is 1. The van der Waals surface area contributed by atoms with E-state index < -0.39 is 0 Å². The van der Waals surface area contributed by atoms with Crippen molar-refractivity contribution in [3.05, 3.63) is 90.0 Å². The number of pyridine rings is 1. The highest BCUT2D eigenvalue weighted by molar-refractivity contribution is 5.94. The van der Waals surface area contributed by atoms with Gasteiger partial charge < -0.3 is 14.6 Å². The molecule has 1 amide bonds. The largest absolute Gasteiger partial charge is 0.494 e. The molecular weight excluding hydrogens is 412 g/mol. The molecular formula is C27H30N4O2. The molecule has 1 N–H and O–H groups in total. The molecule has 2 aromatic heterocycles. The Morgan fingerprint density at radius 2 is 1.73 bits per heavy atom. The SMILES string of the molecule is CC(C)c1ccc(OCCCn2c(C(C)NC(=O)c3ccncc3)nc3ccccc32)cc1. The number of ether oxygens (including phenoxy) is 1. The Bertz CT molecular complexity index is 1200. The van der Waals surface area contributed by atoms with E-state index in [9.17, 15) is 4.79 Å². The smallest absolute Gasteiger partial charge is 0.251 e. The Hall–Kier alpha value is -3.67. The number of carbonyl (C=O) groups is 1. The number of hydrogen-bond acceptors (Lipinski definition) is 4. The molecule has 2 heterocycles. The lowest BCUT2D eigenvalue weighted by Gasteiger charge is -2.17. The maximum atomic E-state index is 12.6. The fourth-order valence-corrected chi connectivity index (χ4v) is 3.87. The number of aryl methyl sites for hydroxylation is 1. The Balaban J connectivity index is 1.44. The predicted octanol–water partition coefficient (Wildman–Crippen LogP) is 5.51. The second kappa shape index (κ2) is 10.3. The Morgan fingerprint density at radius 1 is 1.00 bits per heavy atom. The van der Waals surface area contributed by atoms with Gasteiger partial charge in [0.25, 0.3) is 5.91 Å². The number of hydrogen-bond donors (Lipinski definition) is 1. The van der Waals surface area contributed by atoms with Gasteiger partial charge in [0.2, 0.25) is 0 Å². The summed E-state index contributed by atoms with van der Waals surface area (Å²) in [5, 5.41) is 3.06. The van der Waals surface area contributed by atoms with Crippen molar-refractivity contribution in [3.63, 3.8) is 0 Å². The molecule has 6 heteroatoms. The second-order valence-electron chi connectivity index (χ2n) is 8.47. The minimum atomic E-state index is -0.248. The van der Waals surface area contributed by atoms with Crippen LogP contribution in [0.25, 0.3) is 11.0 Å². The van der Waals surface area contributed by atoms with Gasteiger partial charge in [0.05, 0.1) is 23.7 Å². The van der Waals surface area contributed by atoms with Crippen molar-refractivity contribution in [1.82, 2.24) is 19.9 Å². The third-order valence-corrected chi connectivity index (χ3v) is 5.70. The van der Waals surface area contributed by atoms with Crippen LogP contribution in [0.1, 0.15) is 60.9 Å². The van der Waals surface area contributed by atoms with E-state index >= 15 is 0 Å². The molecule has 0 saturated heterocycles. The predicted molar refractivity (Wildman–Crippen MR) is 130 cm³/mol. The average Bonchev–Trinajstić information content (AvgIpc) is 3.21. The van der Waals surface area contributed by atoms with Crippen molar-refractivity contribution < 1.29 is 9.53 Å². The van der Waals surface area contributed by atoms with Crippen molar-refractivity contribution in [2.24, 2.45) is 0 Å². The van der Waals surface area contributed by atoms with Crippen molar-refractivity contribution in [2.75, 3.05) is 6.61 Å². The average molecular weight is 443 g/mol. The van der Waals surface area contributed by atoms with Gasteiger partial charge in [-0.25, -0.2) is 4.98 Å². The number of rotatable bonds is 9. The number of benzene rings is 2. The Kier molecular flexibility index (Phi) is 7.03. The summed E-state index contributed by atoms with van der Waals surface area (Å²) in [6.45, 7) is 7.68. The summed E-state index contributed by atoms with van der Waals surface area (Å²) < 4.78 is 8.14. The van der Waals surface area contributed by atoms with Crippen LogP contribution in [0.5, 0.6) is 5.75 Å². The van der Waals surface area contributed by atoms with Crippen LogP contribution in [0.3, 0.4) is 0 Å². The first-order chi connectivity index (χ1) is 16.0. The van der Waals surface area contributed by atoms with Crippen LogP contribution in [-0.2, 0) is 6.54 Å². The van der Waals surface area contributed by atoms with Crippen LogP contribution in [-0.4, -0.2) is 27.0 Å². The molecule has 0 fully saturated rings. The highest BCUT2D eigenvalue weighted by Crippen LogP contribution is 2.22. The van der Waals surface area contributed by atoms with Crippen molar-refractivity contribution in [2.45, 2.75) is 45.7 Å². The van der Waals surface area contributed by atoms with Crippen molar-refractivity contribution in [1.29, 1.82) is 0 Å². The van der Waals surface area contributed by atoms with Crippen LogP contribution in [0, 0.1) is 0 Å². The molecule has 4 rings (SSSR count). The van der Waals surface area contributed by atoms with Crippen molar-refractivity contribution >= 4 is 16.9 Å². The fourth-order valence-electron chi connectivity index (χ4n) is 3.87. The van der Waals surface area contributed by atoms with E-state index in [2.05, 4.69) is 46.9 Å². The molecule has 0 radical (unpaired) electrons. The zero-order chi connectivity index (χ0) is 23.2. The number of para-hydroxylation sites is 2. The van der Waals surface area contributed by atoms with E-state index in [1.807, 2.05) is 37.3 Å². The minimum absolute atomic E-state index is 0.142. The van der Waals surface area contributed by atoms with Gasteiger partial charge in [-0.05, 0) is 61.2 Å². The van der Waals surface area contributed by atoms with E-state index in [0.717, 1.165) is 35.6 Å². The van der Waals surface area contributed by atoms with Crippen LogP contribution in [0.15, 0.2) is 73.1 Å². The topological polar surface area (TPSA) is 69.0 Å². The summed E-state index contributed by atoms with van der Waals surface area (Å²) in [4.78, 5) is 21.4. The van der Waals surface area contributed by atoms with Gasteiger partial charge in [0, 0.05) is 24.5 Å². The zero-order valence-corrected chi connectivity index (χ0v) is 19.4. The molecule has 0 spiro atoms. The van der Waals surface area contributed by atoms with Gasteiger partial charge in [-0.15, -0.1) is 0 Å². The quantitative estimate of drug-likeness (QED) is 0.347. The van der Waals surface area contributed by atoms with E-state index in [4.69, 9.17) is 9.72 Å². The van der Waals surface area contributed by atoms with Gasteiger partial charge >= 0.3 is 0 Å². The molecule has 2 aromatic carbocycles. The molecule has 0 aliphatic carbocycles. The number of nitrogens with zero attached hydrogens (tertiary/aromatic N) is 3. The second-order valence-corrected chi connectivity index (χ2v) is 8.47. The van der Waals surface area contributed by atoms with Crippen LogP contribution < -0.4 is 10.1 Å². The normalized spacial score (nSPS) is 12.1. The van der Waals surface area contributed by atoms with Crippen LogP contribution in [0.4, 0.5) is 0 Å². The lowest BCUT2D eigenvalue weighted by Crippen LogP contribution is -2.28. The number of carbonyl (C=O) groups excluding carboxylic acids is 1. The highest BCUT2D eigenvalue weighted by atomic mass is 16.5. The zero-order valence-electron chi connectivity index (χ0n) is 19.4. The van der Waals surface area contributed by atoms with Gasteiger partial charge in [-0.1, -0.05) is 38.1 Å². The summed E-state index contributed by atoms with van der Waals surface area (Å²) in [5.41, 5.74) is 3.86. The molecule has 0 bridgehead atoms. The number of aromatic nitrogens is 3. The summed E-state index contributed by atoms with van der Waals surface area (Å²) in [6, 6.07) is 19.5. The third-order valence-electron chi connectivity index (χ3n) is 5.70. The Labute approximate surface area is 194 Å². The lowest BCUT2D eigenvalue weighted by atomic mass is 10.0. The van der Waals surface area contributed by atoms with E-state index in [-0.39, 0.29) is 11.9 Å². The van der Waals surface area contributed by atoms with E-state index in [0.29, 0.717) is 18.1 Å². The molecule has 4 aromatic rings. The van der Waals surface area contributed by atoms with Crippen molar-refractivity contribution in [3.8, 4) is 5.75 Å². The number of nitrogens with one attached hydrogen (secondary N) is 1. The van der Waals surface area contributed by atoms with Gasteiger partial charge in [-0.3, -0.25) is 9.78 Å². The molecule has 0 saturated carbocycles. The molecule has 33 heavy (non-hydrogen) atoms.